The third-order valence-electron chi connectivity index (χ3n) is 3.04. The van der Waals surface area contributed by atoms with Crippen molar-refractivity contribution in [3.8, 4) is 5.75 Å². The summed E-state index contributed by atoms with van der Waals surface area (Å²) in [6, 6.07) is 5.57. The Morgan fingerprint density at radius 3 is 2.65 bits per heavy atom. The molecule has 0 unspecified atom stereocenters. The van der Waals surface area contributed by atoms with Crippen molar-refractivity contribution in [2.24, 2.45) is 0 Å². The predicted molar refractivity (Wildman–Crippen MR) is 84.5 cm³/mol. The topological polar surface area (TPSA) is 44.8 Å². The fourth-order valence-corrected chi connectivity index (χ4v) is 3.02. The number of ether oxygens (including phenoxy) is 1. The minimum absolute atomic E-state index is 0.00652. The SMILES string of the molecule is CN1CCN(NC(=O)COc2ccc(Br)cc2Br)CC1. The number of hydrazine groups is 1. The van der Waals surface area contributed by atoms with Gasteiger partial charge in [0.1, 0.15) is 5.75 Å². The first-order chi connectivity index (χ1) is 9.54. The Labute approximate surface area is 135 Å². The summed E-state index contributed by atoms with van der Waals surface area (Å²) in [5.41, 5.74) is 2.86. The van der Waals surface area contributed by atoms with Gasteiger partial charge in [0, 0.05) is 30.7 Å². The molecule has 0 atom stereocenters. The molecule has 1 N–H and O–H groups in total. The number of rotatable bonds is 4. The number of nitrogens with zero attached hydrogens (tertiary/aromatic N) is 2. The van der Waals surface area contributed by atoms with Crippen LogP contribution in [0.15, 0.2) is 27.1 Å². The van der Waals surface area contributed by atoms with E-state index in [0.29, 0.717) is 5.75 Å². The standard InChI is InChI=1S/C13H17Br2N3O2/c1-17-4-6-18(7-5-17)16-13(19)9-20-12-3-2-10(14)8-11(12)15/h2-3,8H,4-7,9H2,1H3,(H,16,19). The Balaban J connectivity index is 1.77. The van der Waals surface area contributed by atoms with Gasteiger partial charge in [-0.25, -0.2) is 5.01 Å². The highest BCUT2D eigenvalue weighted by atomic mass is 79.9. The Kier molecular flexibility index (Phi) is 5.83. The lowest BCUT2D eigenvalue weighted by Gasteiger charge is -2.32. The van der Waals surface area contributed by atoms with Gasteiger partial charge in [0.2, 0.25) is 0 Å². The molecule has 1 heterocycles. The van der Waals surface area contributed by atoms with E-state index in [1.807, 2.05) is 23.2 Å². The van der Waals surface area contributed by atoms with Crippen LogP contribution in [-0.4, -0.2) is 55.6 Å². The third-order valence-corrected chi connectivity index (χ3v) is 4.15. The van der Waals surface area contributed by atoms with Crippen molar-refractivity contribution in [1.29, 1.82) is 0 Å². The average Bonchev–Trinajstić information content (AvgIpc) is 2.40. The van der Waals surface area contributed by atoms with Gasteiger partial charge in [-0.05, 0) is 41.2 Å². The predicted octanol–water partition coefficient (Wildman–Crippen LogP) is 1.87. The zero-order valence-electron chi connectivity index (χ0n) is 11.2. The molecular formula is C13H17Br2N3O2. The fraction of sp³-hybridized carbons (Fsp3) is 0.462. The maximum atomic E-state index is 11.8. The van der Waals surface area contributed by atoms with Crippen molar-refractivity contribution in [2.75, 3.05) is 39.8 Å². The third kappa shape index (κ3) is 4.73. The monoisotopic (exact) mass is 405 g/mol. The Morgan fingerprint density at radius 2 is 2.00 bits per heavy atom. The first-order valence-electron chi connectivity index (χ1n) is 6.35. The van der Waals surface area contributed by atoms with Gasteiger partial charge in [-0.15, -0.1) is 0 Å². The molecule has 1 aliphatic rings. The zero-order valence-corrected chi connectivity index (χ0v) is 14.4. The van der Waals surface area contributed by atoms with Crippen molar-refractivity contribution in [1.82, 2.24) is 15.3 Å². The van der Waals surface area contributed by atoms with E-state index in [1.165, 1.54) is 0 Å². The lowest BCUT2D eigenvalue weighted by atomic mass is 10.3. The average molecular weight is 407 g/mol. The quantitative estimate of drug-likeness (QED) is 0.828. The van der Waals surface area contributed by atoms with Crippen LogP contribution in [0.2, 0.25) is 0 Å². The van der Waals surface area contributed by atoms with E-state index in [-0.39, 0.29) is 12.5 Å². The summed E-state index contributed by atoms with van der Waals surface area (Å²) in [5.74, 6) is 0.520. The van der Waals surface area contributed by atoms with Gasteiger partial charge < -0.3 is 9.64 Å². The van der Waals surface area contributed by atoms with Gasteiger partial charge in [-0.1, -0.05) is 15.9 Å². The van der Waals surface area contributed by atoms with Gasteiger partial charge >= 0.3 is 0 Å². The van der Waals surface area contributed by atoms with Crippen LogP contribution < -0.4 is 10.2 Å². The first-order valence-corrected chi connectivity index (χ1v) is 7.94. The van der Waals surface area contributed by atoms with Crippen LogP contribution in [0.4, 0.5) is 0 Å². The molecule has 1 amide bonds. The van der Waals surface area contributed by atoms with Crippen molar-refractivity contribution < 1.29 is 9.53 Å². The van der Waals surface area contributed by atoms with E-state index in [9.17, 15) is 4.79 Å². The van der Waals surface area contributed by atoms with Gasteiger partial charge in [0.25, 0.3) is 5.91 Å². The van der Waals surface area contributed by atoms with Gasteiger partial charge in [0.05, 0.1) is 4.47 Å². The van der Waals surface area contributed by atoms with Crippen LogP contribution >= 0.6 is 31.9 Å². The van der Waals surface area contributed by atoms with Crippen LogP contribution in [0.3, 0.4) is 0 Å². The molecule has 0 spiro atoms. The van der Waals surface area contributed by atoms with Crippen molar-refractivity contribution >= 4 is 37.8 Å². The molecule has 0 radical (unpaired) electrons. The van der Waals surface area contributed by atoms with Crippen LogP contribution in [-0.2, 0) is 4.79 Å². The highest BCUT2D eigenvalue weighted by molar-refractivity contribution is 9.11. The van der Waals surface area contributed by atoms with Crippen LogP contribution in [0.5, 0.6) is 5.75 Å². The smallest absolute Gasteiger partial charge is 0.272 e. The van der Waals surface area contributed by atoms with E-state index >= 15 is 0 Å². The lowest BCUT2D eigenvalue weighted by Crippen LogP contribution is -2.53. The molecule has 7 heteroatoms. The van der Waals surface area contributed by atoms with Crippen LogP contribution in [0.1, 0.15) is 0 Å². The van der Waals surface area contributed by atoms with E-state index in [2.05, 4.69) is 49.2 Å². The van der Waals surface area contributed by atoms with Crippen LogP contribution in [0, 0.1) is 0 Å². The molecule has 20 heavy (non-hydrogen) atoms. The highest BCUT2D eigenvalue weighted by Crippen LogP contribution is 2.28. The van der Waals surface area contributed by atoms with Gasteiger partial charge in [-0.3, -0.25) is 10.2 Å². The summed E-state index contributed by atoms with van der Waals surface area (Å²) < 4.78 is 7.28. The molecular weight excluding hydrogens is 390 g/mol. The zero-order chi connectivity index (χ0) is 14.5. The van der Waals surface area contributed by atoms with Crippen LogP contribution in [0.25, 0.3) is 0 Å². The normalized spacial score (nSPS) is 16.9. The number of piperazine rings is 1. The molecule has 1 fully saturated rings. The molecule has 0 aliphatic carbocycles. The molecule has 1 aromatic carbocycles. The molecule has 1 aromatic rings. The van der Waals surface area contributed by atoms with E-state index in [0.717, 1.165) is 35.1 Å². The Hall–Kier alpha value is -0.630. The first kappa shape index (κ1) is 15.8. The summed E-state index contributed by atoms with van der Waals surface area (Å²) in [6.07, 6.45) is 0. The molecule has 1 saturated heterocycles. The number of nitrogens with one attached hydrogen (secondary N) is 1. The molecule has 110 valence electrons. The van der Waals surface area contributed by atoms with Crippen molar-refractivity contribution in [3.63, 3.8) is 0 Å². The number of hydrogen-bond acceptors (Lipinski definition) is 4. The van der Waals surface area contributed by atoms with Crippen molar-refractivity contribution in [2.45, 2.75) is 0 Å². The largest absolute Gasteiger partial charge is 0.483 e. The highest BCUT2D eigenvalue weighted by Gasteiger charge is 2.16. The second-order valence-electron chi connectivity index (χ2n) is 4.69. The van der Waals surface area contributed by atoms with Gasteiger partial charge in [-0.2, -0.15) is 0 Å². The number of carbonyl (C=O) groups is 1. The second kappa shape index (κ2) is 7.40. The minimum atomic E-state index is -0.135. The molecule has 0 bridgehead atoms. The number of likely N-dealkylation sites (N-methyl/N-ethyl adjacent to an activating group) is 1. The second-order valence-corrected chi connectivity index (χ2v) is 6.46. The molecule has 0 saturated carbocycles. The van der Waals surface area contributed by atoms with Crippen molar-refractivity contribution in [3.05, 3.63) is 27.1 Å². The summed E-state index contributed by atoms with van der Waals surface area (Å²) in [7, 11) is 2.08. The lowest BCUT2D eigenvalue weighted by molar-refractivity contribution is -0.128. The van der Waals surface area contributed by atoms with E-state index in [1.54, 1.807) is 0 Å². The molecule has 2 rings (SSSR count). The number of benzene rings is 1. The molecule has 1 aliphatic heterocycles. The van der Waals surface area contributed by atoms with E-state index in [4.69, 9.17) is 4.74 Å². The number of amides is 1. The Bertz CT molecular complexity index is 477. The maximum Gasteiger partial charge on any atom is 0.272 e. The summed E-state index contributed by atoms with van der Waals surface area (Å²) in [5, 5.41) is 1.93. The van der Waals surface area contributed by atoms with E-state index < -0.39 is 0 Å². The molecule has 0 aromatic heterocycles. The molecule has 5 nitrogen and oxygen atoms in total. The van der Waals surface area contributed by atoms with Gasteiger partial charge in [0.15, 0.2) is 6.61 Å². The summed E-state index contributed by atoms with van der Waals surface area (Å²) in [6.45, 7) is 3.60. The number of carbonyl (C=O) groups excluding carboxylic acids is 1. The Morgan fingerprint density at radius 1 is 1.30 bits per heavy atom. The summed E-state index contributed by atoms with van der Waals surface area (Å²) >= 11 is 6.77. The maximum absolute atomic E-state index is 11.8. The number of halogens is 2. The summed E-state index contributed by atoms with van der Waals surface area (Å²) in [4.78, 5) is 14.1. The minimum Gasteiger partial charge on any atom is -0.483 e. The fourth-order valence-electron chi connectivity index (χ4n) is 1.86. The number of hydrogen-bond donors (Lipinski definition) is 1.